The highest BCUT2D eigenvalue weighted by Gasteiger charge is 2.25. The zero-order chi connectivity index (χ0) is 11.5. The number of hydrogen-bond acceptors (Lipinski definition) is 3. The van der Waals surface area contributed by atoms with Crippen molar-refractivity contribution in [2.24, 2.45) is 0 Å². The molecule has 0 aliphatic carbocycles. The second-order valence-electron chi connectivity index (χ2n) is 4.81. The fourth-order valence-electron chi connectivity index (χ4n) is 2.08. The van der Waals surface area contributed by atoms with Crippen LogP contribution >= 0.6 is 0 Å². The normalized spacial score (nSPS) is 25.6. The number of para-hydroxylation sites is 1. The largest absolute Gasteiger partial charge is 0.373 e. The lowest BCUT2D eigenvalue weighted by atomic mass is 10.2. The summed E-state index contributed by atoms with van der Waals surface area (Å²) in [4.78, 5) is 2.45. The molecule has 0 spiro atoms. The molecular formula is C14H19NO2. The summed E-state index contributed by atoms with van der Waals surface area (Å²) < 4.78 is 10.6. The van der Waals surface area contributed by atoms with Gasteiger partial charge in [-0.25, -0.2) is 0 Å². The van der Waals surface area contributed by atoms with E-state index in [4.69, 9.17) is 9.47 Å². The summed E-state index contributed by atoms with van der Waals surface area (Å²) in [6, 6.07) is 10.6. The van der Waals surface area contributed by atoms with Crippen molar-refractivity contribution >= 4 is 5.69 Å². The Balaban J connectivity index is 1.56. The van der Waals surface area contributed by atoms with Crippen molar-refractivity contribution in [2.75, 3.05) is 31.2 Å². The Kier molecular flexibility index (Phi) is 3.29. The first kappa shape index (κ1) is 11.1. The summed E-state index contributed by atoms with van der Waals surface area (Å²) in [5, 5.41) is 0. The van der Waals surface area contributed by atoms with E-state index in [0.29, 0.717) is 12.2 Å². The molecule has 2 aliphatic rings. The fourth-order valence-corrected chi connectivity index (χ4v) is 2.08. The van der Waals surface area contributed by atoms with E-state index in [1.165, 1.54) is 5.69 Å². The van der Waals surface area contributed by atoms with Crippen LogP contribution in [0.25, 0.3) is 0 Å². The van der Waals surface area contributed by atoms with Gasteiger partial charge in [-0.1, -0.05) is 18.2 Å². The summed E-state index contributed by atoms with van der Waals surface area (Å²) in [5.74, 6) is 0. The minimum Gasteiger partial charge on any atom is -0.373 e. The molecule has 0 amide bonds. The van der Waals surface area contributed by atoms with Crippen LogP contribution < -0.4 is 4.90 Å². The van der Waals surface area contributed by atoms with E-state index in [1.807, 2.05) is 0 Å². The number of rotatable bonds is 7. The first-order valence-electron chi connectivity index (χ1n) is 6.45. The molecule has 17 heavy (non-hydrogen) atoms. The van der Waals surface area contributed by atoms with Gasteiger partial charge in [-0.05, 0) is 25.0 Å². The number of anilines is 1. The average molecular weight is 233 g/mol. The number of ether oxygens (including phenoxy) is 2. The lowest BCUT2D eigenvalue weighted by Crippen LogP contribution is -2.27. The fraction of sp³-hybridized carbons (Fsp3) is 0.571. The Hall–Kier alpha value is -1.06. The summed E-state index contributed by atoms with van der Waals surface area (Å²) in [6.45, 7) is 4.07. The molecule has 1 aromatic carbocycles. The molecule has 2 atom stereocenters. The first-order valence-corrected chi connectivity index (χ1v) is 6.45. The highest BCUT2D eigenvalue weighted by atomic mass is 16.6. The van der Waals surface area contributed by atoms with Crippen LogP contribution in [0, 0.1) is 0 Å². The van der Waals surface area contributed by atoms with Gasteiger partial charge in [-0.2, -0.15) is 0 Å². The number of hydrogen-bond donors (Lipinski definition) is 0. The van der Waals surface area contributed by atoms with Crippen molar-refractivity contribution in [2.45, 2.75) is 25.0 Å². The van der Waals surface area contributed by atoms with Gasteiger partial charge in [0.25, 0.3) is 0 Å². The van der Waals surface area contributed by atoms with Crippen LogP contribution in [-0.4, -0.2) is 38.5 Å². The Morgan fingerprint density at radius 1 is 0.941 bits per heavy atom. The molecule has 3 nitrogen and oxygen atoms in total. The Morgan fingerprint density at radius 2 is 1.47 bits per heavy atom. The van der Waals surface area contributed by atoms with Gasteiger partial charge in [0.15, 0.2) is 0 Å². The van der Waals surface area contributed by atoms with Crippen LogP contribution in [-0.2, 0) is 9.47 Å². The second-order valence-corrected chi connectivity index (χ2v) is 4.81. The van der Waals surface area contributed by atoms with Gasteiger partial charge in [0.2, 0.25) is 0 Å². The number of nitrogens with zero attached hydrogens (tertiary/aromatic N) is 1. The Bertz CT molecular complexity index is 330. The number of benzene rings is 1. The van der Waals surface area contributed by atoms with Crippen LogP contribution in [0.4, 0.5) is 5.69 Å². The molecule has 0 bridgehead atoms. The molecule has 0 saturated carbocycles. The van der Waals surface area contributed by atoms with Crippen molar-refractivity contribution in [3.05, 3.63) is 30.3 Å². The molecule has 3 heteroatoms. The van der Waals surface area contributed by atoms with E-state index in [-0.39, 0.29) is 0 Å². The SMILES string of the molecule is c1ccc(N(CCC2CO2)CCC2CO2)cc1. The lowest BCUT2D eigenvalue weighted by molar-refractivity contribution is 0.388. The molecule has 2 saturated heterocycles. The maximum atomic E-state index is 5.28. The maximum absolute atomic E-state index is 5.28. The number of epoxide rings is 2. The minimum atomic E-state index is 0.512. The quantitative estimate of drug-likeness (QED) is 0.675. The third-order valence-corrected chi connectivity index (χ3v) is 3.37. The first-order chi connectivity index (χ1) is 8.42. The molecule has 2 fully saturated rings. The van der Waals surface area contributed by atoms with Crippen LogP contribution in [0.2, 0.25) is 0 Å². The van der Waals surface area contributed by atoms with Crippen LogP contribution in [0.5, 0.6) is 0 Å². The van der Waals surface area contributed by atoms with Crippen molar-refractivity contribution in [1.29, 1.82) is 0 Å². The van der Waals surface area contributed by atoms with Gasteiger partial charge in [0.05, 0.1) is 25.4 Å². The van der Waals surface area contributed by atoms with Crippen LogP contribution in [0.15, 0.2) is 30.3 Å². The van der Waals surface area contributed by atoms with E-state index in [0.717, 1.165) is 39.1 Å². The molecule has 3 rings (SSSR count). The third kappa shape index (κ3) is 3.45. The Morgan fingerprint density at radius 3 is 1.94 bits per heavy atom. The molecule has 0 N–H and O–H groups in total. The van der Waals surface area contributed by atoms with E-state index in [2.05, 4.69) is 35.2 Å². The van der Waals surface area contributed by atoms with Crippen molar-refractivity contribution < 1.29 is 9.47 Å². The highest BCUT2D eigenvalue weighted by Crippen LogP contribution is 2.21. The molecule has 92 valence electrons. The van der Waals surface area contributed by atoms with Crippen molar-refractivity contribution in [3.63, 3.8) is 0 Å². The zero-order valence-corrected chi connectivity index (χ0v) is 10.0. The van der Waals surface area contributed by atoms with Crippen LogP contribution in [0.1, 0.15) is 12.8 Å². The van der Waals surface area contributed by atoms with Crippen molar-refractivity contribution in [1.82, 2.24) is 0 Å². The standard InChI is InChI=1S/C14H19NO2/c1-2-4-12(5-3-1)15(8-6-13-10-16-13)9-7-14-11-17-14/h1-5,13-14H,6-11H2. The molecule has 2 unspecified atom stereocenters. The van der Waals surface area contributed by atoms with Gasteiger partial charge in [0, 0.05) is 18.8 Å². The van der Waals surface area contributed by atoms with Gasteiger partial charge < -0.3 is 14.4 Å². The minimum absolute atomic E-state index is 0.512. The maximum Gasteiger partial charge on any atom is 0.0826 e. The monoisotopic (exact) mass is 233 g/mol. The predicted octanol–water partition coefficient (Wildman–Crippen LogP) is 2.07. The molecule has 2 heterocycles. The van der Waals surface area contributed by atoms with E-state index < -0.39 is 0 Å². The molecule has 0 aromatic heterocycles. The molecule has 2 aliphatic heterocycles. The smallest absolute Gasteiger partial charge is 0.0826 e. The molecule has 1 aromatic rings. The highest BCUT2D eigenvalue weighted by molar-refractivity contribution is 5.45. The van der Waals surface area contributed by atoms with E-state index in [9.17, 15) is 0 Å². The predicted molar refractivity (Wildman–Crippen MR) is 67.4 cm³/mol. The van der Waals surface area contributed by atoms with Crippen LogP contribution in [0.3, 0.4) is 0 Å². The third-order valence-electron chi connectivity index (χ3n) is 3.37. The van der Waals surface area contributed by atoms with Gasteiger partial charge in [-0.3, -0.25) is 0 Å². The van der Waals surface area contributed by atoms with E-state index >= 15 is 0 Å². The summed E-state index contributed by atoms with van der Waals surface area (Å²) in [7, 11) is 0. The molecular weight excluding hydrogens is 214 g/mol. The van der Waals surface area contributed by atoms with Gasteiger partial charge in [0.1, 0.15) is 0 Å². The molecule has 0 radical (unpaired) electrons. The van der Waals surface area contributed by atoms with Crippen molar-refractivity contribution in [3.8, 4) is 0 Å². The summed E-state index contributed by atoms with van der Waals surface area (Å²) in [5.41, 5.74) is 1.31. The van der Waals surface area contributed by atoms with E-state index in [1.54, 1.807) is 0 Å². The zero-order valence-electron chi connectivity index (χ0n) is 10.0. The van der Waals surface area contributed by atoms with Gasteiger partial charge in [-0.15, -0.1) is 0 Å². The van der Waals surface area contributed by atoms with Gasteiger partial charge >= 0.3 is 0 Å². The summed E-state index contributed by atoms with van der Waals surface area (Å²) in [6.07, 6.45) is 3.30. The summed E-state index contributed by atoms with van der Waals surface area (Å²) >= 11 is 0. The Labute approximate surface area is 102 Å². The average Bonchev–Trinajstić information content (AvgIpc) is 3.25. The second kappa shape index (κ2) is 5.07. The topological polar surface area (TPSA) is 28.3 Å². The lowest BCUT2D eigenvalue weighted by Gasteiger charge is -2.24.